The fourth-order valence-corrected chi connectivity index (χ4v) is 3.88. The van der Waals surface area contributed by atoms with E-state index in [2.05, 4.69) is 11.6 Å². The second kappa shape index (κ2) is 7.18. The zero-order valence-electron chi connectivity index (χ0n) is 13.7. The van der Waals surface area contributed by atoms with Crippen LogP contribution in [0.3, 0.4) is 0 Å². The normalized spacial score (nSPS) is 10.8. The van der Waals surface area contributed by atoms with Crippen LogP contribution in [0, 0.1) is 14.1 Å². The summed E-state index contributed by atoms with van der Waals surface area (Å²) in [5, 5.41) is 11.0. The first-order valence-electron chi connectivity index (χ1n) is 7.47. The third-order valence-electron chi connectivity index (χ3n) is 3.77. The summed E-state index contributed by atoms with van der Waals surface area (Å²) in [6, 6.07) is 4.25. The number of aromatic nitrogens is 3. The summed E-state index contributed by atoms with van der Waals surface area (Å²) in [6.07, 6.45) is 3.09. The summed E-state index contributed by atoms with van der Waals surface area (Å²) in [7, 11) is 1.47. The van der Waals surface area contributed by atoms with Gasteiger partial charge in [-0.1, -0.05) is 17.4 Å². The summed E-state index contributed by atoms with van der Waals surface area (Å²) >= 11 is 6.47. The molecule has 0 radical (unpaired) electrons. The average Bonchev–Trinajstić information content (AvgIpc) is 2.94. The maximum absolute atomic E-state index is 12.8. The van der Waals surface area contributed by atoms with Gasteiger partial charge >= 0.3 is 0 Å². The molecule has 2 aromatic heterocycles. The lowest BCUT2D eigenvalue weighted by atomic mass is 10.1. The first-order chi connectivity index (χ1) is 12.5. The molecule has 3 rings (SSSR count). The number of nitrogens with zero attached hydrogens (tertiary/aromatic N) is 4. The molecule has 26 heavy (non-hydrogen) atoms. The molecule has 3 aromatic rings. The van der Waals surface area contributed by atoms with E-state index in [0.717, 1.165) is 0 Å². The van der Waals surface area contributed by atoms with E-state index >= 15 is 0 Å². The van der Waals surface area contributed by atoms with E-state index in [1.54, 1.807) is 10.6 Å². The third-order valence-corrected chi connectivity index (χ3v) is 5.20. The van der Waals surface area contributed by atoms with E-state index < -0.39 is 4.92 Å². The van der Waals surface area contributed by atoms with Crippen molar-refractivity contribution >= 4 is 39.6 Å². The molecule has 2 heterocycles. The van der Waals surface area contributed by atoms with E-state index in [0.29, 0.717) is 32.2 Å². The number of nitro benzene ring substituents is 1. The number of benzene rings is 1. The van der Waals surface area contributed by atoms with Gasteiger partial charge in [0.05, 0.1) is 18.6 Å². The molecule has 0 aliphatic rings. The highest BCUT2D eigenvalue weighted by Crippen LogP contribution is 2.25. The SMILES string of the molecule is C=CCn1c(=S)sc2c(=O)n(Cc3cc([N+](=O)[O-])ccc3OC)cnc21. The maximum atomic E-state index is 12.8. The van der Waals surface area contributed by atoms with Crippen molar-refractivity contribution in [1.29, 1.82) is 0 Å². The van der Waals surface area contributed by atoms with Crippen molar-refractivity contribution in [3.05, 3.63) is 67.2 Å². The Bertz CT molecular complexity index is 1130. The molecule has 8 nitrogen and oxygen atoms in total. The number of hydrogen-bond donors (Lipinski definition) is 0. The van der Waals surface area contributed by atoms with Crippen molar-refractivity contribution < 1.29 is 9.66 Å². The summed E-state index contributed by atoms with van der Waals surface area (Å²) in [5.41, 5.74) is 0.685. The van der Waals surface area contributed by atoms with Crippen LogP contribution in [0.15, 0.2) is 42.0 Å². The van der Waals surface area contributed by atoms with E-state index in [1.807, 2.05) is 0 Å². The second-order valence-electron chi connectivity index (χ2n) is 5.35. The van der Waals surface area contributed by atoms with Crippen LogP contribution >= 0.6 is 23.6 Å². The molecule has 0 saturated carbocycles. The zero-order chi connectivity index (χ0) is 18.8. The highest BCUT2D eigenvalue weighted by atomic mass is 32.1. The molecule has 0 atom stereocenters. The monoisotopic (exact) mass is 390 g/mol. The van der Waals surface area contributed by atoms with Gasteiger partial charge in [0.2, 0.25) is 0 Å². The minimum atomic E-state index is -0.492. The molecule has 0 saturated heterocycles. The lowest BCUT2D eigenvalue weighted by Crippen LogP contribution is -2.21. The van der Waals surface area contributed by atoms with Gasteiger partial charge < -0.3 is 9.30 Å². The van der Waals surface area contributed by atoms with Gasteiger partial charge in [-0.15, -0.1) is 6.58 Å². The fraction of sp³-hybridized carbons (Fsp3) is 0.188. The molecular formula is C16H14N4O4S2. The number of hydrogen-bond acceptors (Lipinski definition) is 7. The van der Waals surface area contributed by atoms with E-state index in [9.17, 15) is 14.9 Å². The number of rotatable bonds is 6. The maximum Gasteiger partial charge on any atom is 0.273 e. The summed E-state index contributed by atoms with van der Waals surface area (Å²) < 4.78 is 9.34. The summed E-state index contributed by atoms with van der Waals surface area (Å²) in [6.45, 7) is 4.24. The first-order valence-corrected chi connectivity index (χ1v) is 8.69. The quantitative estimate of drug-likeness (QED) is 0.278. The number of thiazole rings is 1. The van der Waals surface area contributed by atoms with Gasteiger partial charge in [-0.3, -0.25) is 19.5 Å². The predicted octanol–water partition coefficient (Wildman–Crippen LogP) is 3.14. The topological polar surface area (TPSA) is 92.2 Å². The van der Waals surface area contributed by atoms with E-state index in [-0.39, 0.29) is 17.8 Å². The molecule has 0 bridgehead atoms. The zero-order valence-corrected chi connectivity index (χ0v) is 15.4. The largest absolute Gasteiger partial charge is 0.496 e. The Hall–Kier alpha value is -2.85. The van der Waals surface area contributed by atoms with Crippen LogP contribution in [0.2, 0.25) is 0 Å². The van der Waals surface area contributed by atoms with Gasteiger partial charge in [0.15, 0.2) is 9.60 Å². The number of non-ortho nitro benzene ring substituents is 1. The molecule has 0 amide bonds. The van der Waals surface area contributed by atoms with Gasteiger partial charge in [-0.25, -0.2) is 4.98 Å². The van der Waals surface area contributed by atoms with Gasteiger partial charge in [-0.2, -0.15) is 0 Å². The molecule has 134 valence electrons. The van der Waals surface area contributed by atoms with Gasteiger partial charge in [-0.05, 0) is 18.3 Å². The van der Waals surface area contributed by atoms with Gasteiger partial charge in [0, 0.05) is 24.2 Å². The third kappa shape index (κ3) is 3.16. The van der Waals surface area contributed by atoms with Crippen LogP contribution < -0.4 is 10.3 Å². The Kier molecular flexibility index (Phi) is 4.96. The highest BCUT2D eigenvalue weighted by molar-refractivity contribution is 7.73. The lowest BCUT2D eigenvalue weighted by Gasteiger charge is -2.10. The van der Waals surface area contributed by atoms with Crippen molar-refractivity contribution in [2.24, 2.45) is 0 Å². The Balaban J connectivity index is 2.10. The Morgan fingerprint density at radius 1 is 1.50 bits per heavy atom. The van der Waals surface area contributed by atoms with Crippen molar-refractivity contribution in [3.63, 3.8) is 0 Å². The van der Waals surface area contributed by atoms with Crippen LogP contribution in [0.5, 0.6) is 5.75 Å². The Morgan fingerprint density at radius 2 is 2.27 bits per heavy atom. The molecule has 0 N–H and O–H groups in total. The fourth-order valence-electron chi connectivity index (χ4n) is 2.56. The number of allylic oxidation sites excluding steroid dienone is 1. The molecule has 10 heteroatoms. The second-order valence-corrected chi connectivity index (χ2v) is 7.00. The highest BCUT2D eigenvalue weighted by Gasteiger charge is 2.15. The molecule has 0 spiro atoms. The Morgan fingerprint density at radius 3 is 2.92 bits per heavy atom. The minimum absolute atomic E-state index is 0.0734. The number of methoxy groups -OCH3 is 1. The molecule has 0 fully saturated rings. The molecule has 0 aliphatic carbocycles. The van der Waals surface area contributed by atoms with Crippen LogP contribution in [-0.2, 0) is 13.1 Å². The van der Waals surface area contributed by atoms with Crippen molar-refractivity contribution in [2.75, 3.05) is 7.11 Å². The average molecular weight is 390 g/mol. The molecule has 1 aromatic carbocycles. The van der Waals surface area contributed by atoms with Crippen LogP contribution in [0.1, 0.15) is 5.56 Å². The standard InChI is InChI=1S/C16H14N4O4S2/c1-3-6-19-14-13(26-16(19)25)15(21)18(9-17-14)8-10-7-11(20(22)23)4-5-12(10)24-2/h3-5,7,9H,1,6,8H2,2H3. The summed E-state index contributed by atoms with van der Waals surface area (Å²) in [5.74, 6) is 0.458. The minimum Gasteiger partial charge on any atom is -0.496 e. The Labute approximate surface area is 156 Å². The number of nitro groups is 1. The molecule has 0 unspecified atom stereocenters. The number of fused-ring (bicyclic) bond motifs is 1. The predicted molar refractivity (Wildman–Crippen MR) is 102 cm³/mol. The summed E-state index contributed by atoms with van der Waals surface area (Å²) in [4.78, 5) is 27.7. The van der Waals surface area contributed by atoms with Crippen LogP contribution in [-0.4, -0.2) is 26.2 Å². The van der Waals surface area contributed by atoms with Gasteiger partial charge in [0.1, 0.15) is 16.8 Å². The molecule has 0 aliphatic heterocycles. The molecular weight excluding hydrogens is 376 g/mol. The first kappa shape index (κ1) is 18.0. The van der Waals surface area contributed by atoms with Crippen molar-refractivity contribution in [1.82, 2.24) is 14.1 Å². The van der Waals surface area contributed by atoms with E-state index in [4.69, 9.17) is 17.0 Å². The van der Waals surface area contributed by atoms with E-state index in [1.165, 1.54) is 47.5 Å². The van der Waals surface area contributed by atoms with Gasteiger partial charge in [0.25, 0.3) is 11.2 Å². The van der Waals surface area contributed by atoms with Crippen molar-refractivity contribution in [3.8, 4) is 5.75 Å². The van der Waals surface area contributed by atoms with Crippen LogP contribution in [0.25, 0.3) is 10.3 Å². The lowest BCUT2D eigenvalue weighted by molar-refractivity contribution is -0.384. The number of ether oxygens (including phenoxy) is 1. The van der Waals surface area contributed by atoms with Crippen LogP contribution in [0.4, 0.5) is 5.69 Å². The smallest absolute Gasteiger partial charge is 0.273 e. The van der Waals surface area contributed by atoms with Crippen molar-refractivity contribution in [2.45, 2.75) is 13.1 Å².